The minimum atomic E-state index is -0.339. The van der Waals surface area contributed by atoms with Crippen LogP contribution < -0.4 is 0 Å². The van der Waals surface area contributed by atoms with E-state index in [9.17, 15) is 4.79 Å². The summed E-state index contributed by atoms with van der Waals surface area (Å²) >= 11 is 0. The zero-order valence-electron chi connectivity index (χ0n) is 11.7. The lowest BCUT2D eigenvalue weighted by Gasteiger charge is -2.12. The molecule has 18 heavy (non-hydrogen) atoms. The van der Waals surface area contributed by atoms with E-state index >= 15 is 0 Å². The SMILES string of the molecule is CCCCCOC(C)C(=O)c1ccc(CC)cc1. The number of hydrogen-bond donors (Lipinski definition) is 0. The van der Waals surface area contributed by atoms with Crippen LogP contribution in [0, 0.1) is 0 Å². The highest BCUT2D eigenvalue weighted by Crippen LogP contribution is 2.10. The topological polar surface area (TPSA) is 26.3 Å². The Hall–Kier alpha value is -1.15. The zero-order valence-corrected chi connectivity index (χ0v) is 11.7. The molecule has 0 aliphatic rings. The molecular weight excluding hydrogens is 224 g/mol. The standard InChI is InChI=1S/C16H24O2/c1-4-6-7-12-18-13(3)16(17)15-10-8-14(5-2)9-11-15/h8-11,13H,4-7,12H2,1-3H3. The fourth-order valence-corrected chi connectivity index (χ4v) is 1.83. The summed E-state index contributed by atoms with van der Waals surface area (Å²) < 4.78 is 5.57. The fourth-order valence-electron chi connectivity index (χ4n) is 1.83. The third-order valence-electron chi connectivity index (χ3n) is 3.13. The van der Waals surface area contributed by atoms with Gasteiger partial charge >= 0.3 is 0 Å². The van der Waals surface area contributed by atoms with Gasteiger partial charge in [-0.1, -0.05) is 51.0 Å². The number of hydrogen-bond acceptors (Lipinski definition) is 2. The summed E-state index contributed by atoms with van der Waals surface area (Å²) in [4.78, 5) is 12.1. The Morgan fingerprint density at radius 1 is 1.17 bits per heavy atom. The molecule has 0 bridgehead atoms. The molecule has 0 radical (unpaired) electrons. The van der Waals surface area contributed by atoms with Crippen molar-refractivity contribution in [3.05, 3.63) is 35.4 Å². The normalized spacial score (nSPS) is 12.4. The number of aryl methyl sites for hydroxylation is 1. The largest absolute Gasteiger partial charge is 0.370 e. The van der Waals surface area contributed by atoms with Crippen LogP contribution in [0.25, 0.3) is 0 Å². The van der Waals surface area contributed by atoms with E-state index in [1.807, 2.05) is 31.2 Å². The molecule has 0 aliphatic carbocycles. The van der Waals surface area contributed by atoms with Gasteiger partial charge in [0.1, 0.15) is 6.10 Å². The van der Waals surface area contributed by atoms with Crippen molar-refractivity contribution in [2.24, 2.45) is 0 Å². The highest BCUT2D eigenvalue weighted by Gasteiger charge is 2.15. The number of ether oxygens (including phenoxy) is 1. The average Bonchev–Trinajstić information content (AvgIpc) is 2.42. The first-order chi connectivity index (χ1) is 8.69. The van der Waals surface area contributed by atoms with Crippen LogP contribution in [0.4, 0.5) is 0 Å². The smallest absolute Gasteiger partial charge is 0.191 e. The van der Waals surface area contributed by atoms with Crippen LogP contribution in [-0.4, -0.2) is 18.5 Å². The Morgan fingerprint density at radius 2 is 1.83 bits per heavy atom. The van der Waals surface area contributed by atoms with Gasteiger partial charge in [0.05, 0.1) is 0 Å². The van der Waals surface area contributed by atoms with Gasteiger partial charge in [-0.25, -0.2) is 0 Å². The van der Waals surface area contributed by atoms with Crippen LogP contribution in [0.2, 0.25) is 0 Å². The van der Waals surface area contributed by atoms with Crippen LogP contribution in [0.5, 0.6) is 0 Å². The van der Waals surface area contributed by atoms with Crippen molar-refractivity contribution in [2.45, 2.75) is 52.6 Å². The molecule has 0 heterocycles. The molecule has 0 fully saturated rings. The Bertz CT molecular complexity index is 354. The Kier molecular flexibility index (Phi) is 6.66. The van der Waals surface area contributed by atoms with Crippen molar-refractivity contribution in [3.63, 3.8) is 0 Å². The second-order valence-electron chi connectivity index (χ2n) is 4.63. The molecule has 0 saturated carbocycles. The Balaban J connectivity index is 2.46. The number of ketones is 1. The molecule has 0 N–H and O–H groups in total. The third kappa shape index (κ3) is 4.61. The van der Waals surface area contributed by atoms with E-state index in [1.54, 1.807) is 0 Å². The lowest BCUT2D eigenvalue weighted by atomic mass is 10.0. The molecule has 2 heteroatoms. The average molecular weight is 248 g/mol. The molecule has 1 aromatic carbocycles. The van der Waals surface area contributed by atoms with E-state index in [1.165, 1.54) is 12.0 Å². The Labute approximate surface area is 110 Å². The molecule has 1 aromatic rings. The van der Waals surface area contributed by atoms with Gasteiger partial charge < -0.3 is 4.74 Å². The molecule has 0 aromatic heterocycles. The molecule has 2 nitrogen and oxygen atoms in total. The first-order valence-corrected chi connectivity index (χ1v) is 6.93. The number of rotatable bonds is 8. The molecule has 1 atom stereocenters. The van der Waals surface area contributed by atoms with Crippen LogP contribution in [0.15, 0.2) is 24.3 Å². The van der Waals surface area contributed by atoms with Crippen LogP contribution in [0.3, 0.4) is 0 Å². The second kappa shape index (κ2) is 8.04. The summed E-state index contributed by atoms with van der Waals surface area (Å²) in [6.45, 7) is 6.77. The summed E-state index contributed by atoms with van der Waals surface area (Å²) in [6.07, 6.45) is 4.02. The number of carbonyl (C=O) groups is 1. The molecular formula is C16H24O2. The number of benzene rings is 1. The quantitative estimate of drug-likeness (QED) is 0.513. The minimum absolute atomic E-state index is 0.0779. The van der Waals surface area contributed by atoms with Crippen molar-refractivity contribution in [1.82, 2.24) is 0 Å². The van der Waals surface area contributed by atoms with E-state index in [-0.39, 0.29) is 11.9 Å². The van der Waals surface area contributed by atoms with Gasteiger partial charge in [-0.2, -0.15) is 0 Å². The lowest BCUT2D eigenvalue weighted by molar-refractivity contribution is 0.0465. The highest BCUT2D eigenvalue weighted by atomic mass is 16.5. The van der Waals surface area contributed by atoms with E-state index in [0.717, 1.165) is 24.8 Å². The zero-order chi connectivity index (χ0) is 13.4. The maximum Gasteiger partial charge on any atom is 0.191 e. The number of carbonyl (C=O) groups excluding carboxylic acids is 1. The Morgan fingerprint density at radius 3 is 2.39 bits per heavy atom. The molecule has 1 rings (SSSR count). The van der Waals surface area contributed by atoms with Gasteiger partial charge in [-0.15, -0.1) is 0 Å². The van der Waals surface area contributed by atoms with Crippen LogP contribution >= 0.6 is 0 Å². The van der Waals surface area contributed by atoms with Crippen molar-refractivity contribution >= 4 is 5.78 Å². The van der Waals surface area contributed by atoms with Gasteiger partial charge in [-0.3, -0.25) is 4.79 Å². The van der Waals surface area contributed by atoms with E-state index in [4.69, 9.17) is 4.74 Å². The predicted octanol–water partition coefficient (Wildman–Crippen LogP) is 4.03. The van der Waals surface area contributed by atoms with E-state index in [2.05, 4.69) is 13.8 Å². The molecule has 0 amide bonds. The van der Waals surface area contributed by atoms with Gasteiger partial charge in [0.2, 0.25) is 0 Å². The summed E-state index contributed by atoms with van der Waals surface area (Å²) in [6, 6.07) is 7.81. The highest BCUT2D eigenvalue weighted by molar-refractivity contribution is 5.99. The molecule has 1 unspecified atom stereocenters. The first-order valence-electron chi connectivity index (χ1n) is 6.93. The maximum absolute atomic E-state index is 12.1. The van der Waals surface area contributed by atoms with E-state index in [0.29, 0.717) is 6.61 Å². The monoisotopic (exact) mass is 248 g/mol. The molecule has 0 spiro atoms. The predicted molar refractivity (Wildman–Crippen MR) is 75.1 cm³/mol. The minimum Gasteiger partial charge on any atom is -0.370 e. The van der Waals surface area contributed by atoms with Crippen molar-refractivity contribution < 1.29 is 9.53 Å². The van der Waals surface area contributed by atoms with Gasteiger partial charge in [0, 0.05) is 12.2 Å². The summed E-state index contributed by atoms with van der Waals surface area (Å²) in [7, 11) is 0. The second-order valence-corrected chi connectivity index (χ2v) is 4.63. The molecule has 100 valence electrons. The summed E-state index contributed by atoms with van der Waals surface area (Å²) in [5, 5.41) is 0. The fraction of sp³-hybridized carbons (Fsp3) is 0.562. The van der Waals surface area contributed by atoms with Gasteiger partial charge in [0.15, 0.2) is 5.78 Å². The van der Waals surface area contributed by atoms with Crippen molar-refractivity contribution in [2.75, 3.05) is 6.61 Å². The number of unbranched alkanes of at least 4 members (excludes halogenated alkanes) is 2. The number of Topliss-reactive ketones (excluding diaryl/α,β-unsaturated/α-hetero) is 1. The van der Waals surface area contributed by atoms with Crippen molar-refractivity contribution in [3.8, 4) is 0 Å². The van der Waals surface area contributed by atoms with Gasteiger partial charge in [-0.05, 0) is 25.3 Å². The molecule has 0 saturated heterocycles. The van der Waals surface area contributed by atoms with Crippen LogP contribution in [-0.2, 0) is 11.2 Å². The first kappa shape index (κ1) is 14.9. The molecule has 0 aliphatic heterocycles. The van der Waals surface area contributed by atoms with Crippen LogP contribution in [0.1, 0.15) is 56.0 Å². The van der Waals surface area contributed by atoms with Crippen molar-refractivity contribution in [1.29, 1.82) is 0 Å². The lowest BCUT2D eigenvalue weighted by Crippen LogP contribution is -2.21. The third-order valence-corrected chi connectivity index (χ3v) is 3.13. The summed E-state index contributed by atoms with van der Waals surface area (Å²) in [5.41, 5.74) is 2.00. The summed E-state index contributed by atoms with van der Waals surface area (Å²) in [5.74, 6) is 0.0779. The van der Waals surface area contributed by atoms with Gasteiger partial charge in [0.25, 0.3) is 0 Å². The maximum atomic E-state index is 12.1. The van der Waals surface area contributed by atoms with E-state index < -0.39 is 0 Å².